The van der Waals surface area contributed by atoms with E-state index in [0.717, 1.165) is 12.8 Å². The second kappa shape index (κ2) is 2.49. The van der Waals surface area contributed by atoms with E-state index in [1.807, 2.05) is 6.92 Å². The first-order valence-electron chi connectivity index (χ1n) is 3.39. The molecule has 0 radical (unpaired) electrons. The summed E-state index contributed by atoms with van der Waals surface area (Å²) < 4.78 is 32.1. The van der Waals surface area contributed by atoms with E-state index in [2.05, 4.69) is 0 Å². The minimum absolute atomic E-state index is 0.0880. The lowest BCUT2D eigenvalue weighted by atomic mass is 9.77. The first-order chi connectivity index (χ1) is 4.47. The van der Waals surface area contributed by atoms with Gasteiger partial charge < -0.3 is 0 Å². The number of rotatable bonds is 2. The highest BCUT2D eigenvalue weighted by Gasteiger charge is 2.29. The molecule has 1 aliphatic carbocycles. The maximum Gasteiger partial charge on any atom is 0.302 e. The lowest BCUT2D eigenvalue weighted by Gasteiger charge is -2.31. The van der Waals surface area contributed by atoms with Crippen molar-refractivity contribution in [3.63, 3.8) is 0 Å². The number of halogens is 1. The zero-order valence-electron chi connectivity index (χ0n) is 5.88. The Bertz CT molecular complexity index is 204. The minimum Gasteiger partial charge on any atom is -0.195 e. The second-order valence-electron chi connectivity index (χ2n) is 3.15. The number of hydrogen-bond donors (Lipinski definition) is 0. The molecule has 10 heavy (non-hydrogen) atoms. The van der Waals surface area contributed by atoms with Crippen molar-refractivity contribution in [1.82, 2.24) is 0 Å². The average Bonchev–Trinajstić information content (AvgIpc) is 1.57. The van der Waals surface area contributed by atoms with E-state index >= 15 is 0 Å². The van der Waals surface area contributed by atoms with Gasteiger partial charge in [0, 0.05) is 0 Å². The van der Waals surface area contributed by atoms with Crippen molar-refractivity contribution in [2.24, 2.45) is 11.8 Å². The molecule has 0 atom stereocenters. The fraction of sp³-hybridized carbons (Fsp3) is 1.00. The summed E-state index contributed by atoms with van der Waals surface area (Å²) in [7, 11) is -4.21. The predicted octanol–water partition coefficient (Wildman–Crippen LogP) is 1.33. The molecule has 0 aromatic rings. The van der Waals surface area contributed by atoms with Crippen LogP contribution in [0.3, 0.4) is 0 Å². The zero-order chi connectivity index (χ0) is 7.78. The van der Waals surface area contributed by atoms with Gasteiger partial charge in [0.25, 0.3) is 0 Å². The Balaban J connectivity index is 2.30. The molecule has 0 unspecified atom stereocenters. The summed E-state index contributed by atoms with van der Waals surface area (Å²) in [5.41, 5.74) is 0. The average molecular weight is 166 g/mol. The Kier molecular flexibility index (Phi) is 1.99. The van der Waals surface area contributed by atoms with Crippen LogP contribution >= 0.6 is 0 Å². The van der Waals surface area contributed by atoms with E-state index in [1.165, 1.54) is 0 Å². The molecule has 1 saturated carbocycles. The largest absolute Gasteiger partial charge is 0.302 e. The summed E-state index contributed by atoms with van der Waals surface area (Å²) >= 11 is 0. The molecule has 0 aliphatic heterocycles. The van der Waals surface area contributed by atoms with Crippen LogP contribution < -0.4 is 0 Å². The smallest absolute Gasteiger partial charge is 0.195 e. The molecule has 0 N–H and O–H groups in total. The Labute approximate surface area is 60.6 Å². The van der Waals surface area contributed by atoms with Gasteiger partial charge in [-0.2, -0.15) is 8.42 Å². The van der Waals surface area contributed by atoms with E-state index in [1.54, 1.807) is 0 Å². The van der Waals surface area contributed by atoms with E-state index < -0.39 is 10.2 Å². The van der Waals surface area contributed by atoms with Gasteiger partial charge in [0.1, 0.15) is 0 Å². The molecule has 0 amide bonds. The van der Waals surface area contributed by atoms with Crippen molar-refractivity contribution in [2.75, 3.05) is 5.75 Å². The van der Waals surface area contributed by atoms with Gasteiger partial charge in [-0.1, -0.05) is 6.92 Å². The Morgan fingerprint density at radius 1 is 1.50 bits per heavy atom. The van der Waals surface area contributed by atoms with Crippen molar-refractivity contribution < 1.29 is 12.3 Å². The highest BCUT2D eigenvalue weighted by molar-refractivity contribution is 7.86. The molecule has 2 nitrogen and oxygen atoms in total. The van der Waals surface area contributed by atoms with Crippen molar-refractivity contribution in [3.05, 3.63) is 0 Å². The van der Waals surface area contributed by atoms with E-state index in [-0.39, 0.29) is 11.7 Å². The molecule has 4 heteroatoms. The molecule has 0 aromatic carbocycles. The normalized spacial score (nSPS) is 33.4. The van der Waals surface area contributed by atoms with E-state index in [4.69, 9.17) is 0 Å². The third kappa shape index (κ3) is 2.25. The topological polar surface area (TPSA) is 34.1 Å². The molecule has 0 heterocycles. The van der Waals surface area contributed by atoms with Crippen molar-refractivity contribution in [2.45, 2.75) is 19.8 Å². The SMILES string of the molecule is CC1CC(CS(=O)(=O)F)C1. The van der Waals surface area contributed by atoms with E-state index in [0.29, 0.717) is 5.92 Å². The molecular weight excluding hydrogens is 155 g/mol. The van der Waals surface area contributed by atoms with E-state index in [9.17, 15) is 12.3 Å². The minimum atomic E-state index is -4.21. The molecule has 0 aromatic heterocycles. The summed E-state index contributed by atoms with van der Waals surface area (Å²) in [6, 6.07) is 0. The summed E-state index contributed by atoms with van der Waals surface area (Å²) in [6.07, 6.45) is 1.73. The molecule has 60 valence electrons. The van der Waals surface area contributed by atoms with Crippen molar-refractivity contribution in [3.8, 4) is 0 Å². The van der Waals surface area contributed by atoms with Gasteiger partial charge in [-0.25, -0.2) is 0 Å². The van der Waals surface area contributed by atoms with Crippen molar-refractivity contribution >= 4 is 10.2 Å². The summed E-state index contributed by atoms with van der Waals surface area (Å²) in [5.74, 6) is 0.411. The lowest BCUT2D eigenvalue weighted by molar-refractivity contribution is 0.234. The monoisotopic (exact) mass is 166 g/mol. The van der Waals surface area contributed by atoms with Crippen LogP contribution in [-0.2, 0) is 10.2 Å². The van der Waals surface area contributed by atoms with Gasteiger partial charge in [-0.3, -0.25) is 0 Å². The fourth-order valence-electron chi connectivity index (χ4n) is 1.49. The Hall–Kier alpha value is -0.120. The van der Waals surface area contributed by atoms with Crippen molar-refractivity contribution in [1.29, 1.82) is 0 Å². The third-order valence-electron chi connectivity index (χ3n) is 1.91. The Morgan fingerprint density at radius 3 is 2.30 bits per heavy atom. The summed E-state index contributed by atoms with van der Waals surface area (Å²) in [4.78, 5) is 0. The van der Waals surface area contributed by atoms with Crippen LogP contribution in [0.15, 0.2) is 0 Å². The van der Waals surface area contributed by atoms with Gasteiger partial charge in [-0.05, 0) is 24.7 Å². The third-order valence-corrected chi connectivity index (χ3v) is 2.78. The highest BCUT2D eigenvalue weighted by atomic mass is 32.3. The summed E-state index contributed by atoms with van der Waals surface area (Å²) in [6.45, 7) is 2.04. The molecule has 1 fully saturated rings. The summed E-state index contributed by atoms with van der Waals surface area (Å²) in [5, 5.41) is 0. The maximum absolute atomic E-state index is 12.0. The zero-order valence-corrected chi connectivity index (χ0v) is 6.70. The lowest BCUT2D eigenvalue weighted by Crippen LogP contribution is -2.26. The second-order valence-corrected chi connectivity index (χ2v) is 4.56. The van der Waals surface area contributed by atoms with Gasteiger partial charge in [-0.15, -0.1) is 3.89 Å². The van der Waals surface area contributed by atoms with Gasteiger partial charge in [0.05, 0.1) is 5.75 Å². The molecule has 0 bridgehead atoms. The van der Waals surface area contributed by atoms with Crippen LogP contribution in [0.4, 0.5) is 3.89 Å². The maximum atomic E-state index is 12.0. The van der Waals surface area contributed by atoms with Gasteiger partial charge in [0.15, 0.2) is 0 Å². The molecule has 1 rings (SSSR count). The Morgan fingerprint density at radius 2 is 2.00 bits per heavy atom. The number of hydrogen-bond acceptors (Lipinski definition) is 2. The van der Waals surface area contributed by atoms with Gasteiger partial charge >= 0.3 is 10.2 Å². The van der Waals surface area contributed by atoms with Crippen LogP contribution in [0.2, 0.25) is 0 Å². The highest BCUT2D eigenvalue weighted by Crippen LogP contribution is 2.33. The predicted molar refractivity (Wildman–Crippen MR) is 36.8 cm³/mol. The molecule has 0 spiro atoms. The quantitative estimate of drug-likeness (QED) is 0.580. The van der Waals surface area contributed by atoms with Crippen LogP contribution in [0.5, 0.6) is 0 Å². The van der Waals surface area contributed by atoms with Crippen LogP contribution in [-0.4, -0.2) is 14.2 Å². The fourth-order valence-corrected chi connectivity index (χ4v) is 2.32. The van der Waals surface area contributed by atoms with Crippen LogP contribution in [0.25, 0.3) is 0 Å². The van der Waals surface area contributed by atoms with Gasteiger partial charge in [0.2, 0.25) is 0 Å². The molecular formula is C6H11FO2S. The standard InChI is InChI=1S/C6H11FO2S/c1-5-2-6(3-5)4-10(7,8)9/h5-6H,2-4H2,1H3. The molecule has 0 saturated heterocycles. The van der Waals surface area contributed by atoms with Crippen LogP contribution in [0.1, 0.15) is 19.8 Å². The first kappa shape index (κ1) is 7.98. The molecule has 1 aliphatic rings. The van der Waals surface area contributed by atoms with Crippen LogP contribution in [0, 0.1) is 11.8 Å². The first-order valence-corrected chi connectivity index (χ1v) is 4.95.